The van der Waals surface area contributed by atoms with E-state index in [9.17, 15) is 9.90 Å². The summed E-state index contributed by atoms with van der Waals surface area (Å²) in [7, 11) is 0. The first-order chi connectivity index (χ1) is 11.2. The molecule has 4 heteroatoms. The van der Waals surface area contributed by atoms with Gasteiger partial charge in [0.2, 0.25) is 0 Å². The molecule has 0 saturated carbocycles. The van der Waals surface area contributed by atoms with E-state index in [-0.39, 0.29) is 5.78 Å². The van der Waals surface area contributed by atoms with Crippen LogP contribution in [0.2, 0.25) is 0 Å². The molecule has 0 rings (SSSR count). The first kappa shape index (κ1) is 23.5. The predicted molar refractivity (Wildman–Crippen MR) is 98.6 cm³/mol. The number of aliphatic hydroxyl groups is 1. The van der Waals surface area contributed by atoms with Crippen LogP contribution in [0.3, 0.4) is 0 Å². The minimum atomic E-state index is -1.80. The van der Waals surface area contributed by atoms with Crippen LogP contribution in [0.4, 0.5) is 0 Å². The highest BCUT2D eigenvalue weighted by molar-refractivity contribution is 5.85. The Kier molecular flexibility index (Phi) is 12.6. The van der Waals surface area contributed by atoms with Gasteiger partial charge in [0.05, 0.1) is 5.60 Å². The lowest BCUT2D eigenvalue weighted by atomic mass is 9.98. The number of hydrogen-bond acceptors (Lipinski definition) is 4. The number of carbonyl (C=O) groups is 1. The zero-order chi connectivity index (χ0) is 18.5. The monoisotopic (exact) mass is 344 g/mol. The normalized spacial score (nSPS) is 14.6. The van der Waals surface area contributed by atoms with Gasteiger partial charge < -0.3 is 5.11 Å². The third-order valence-corrected chi connectivity index (χ3v) is 3.99. The molecule has 0 bridgehead atoms. The molecule has 0 aromatic carbocycles. The van der Waals surface area contributed by atoms with Crippen LogP contribution in [0.1, 0.15) is 112 Å². The molecule has 0 aliphatic carbocycles. The Bertz CT molecular complexity index is 322. The van der Waals surface area contributed by atoms with E-state index in [1.54, 1.807) is 0 Å². The van der Waals surface area contributed by atoms with Gasteiger partial charge in [-0.25, -0.2) is 4.89 Å². The van der Waals surface area contributed by atoms with Crippen molar-refractivity contribution in [3.63, 3.8) is 0 Å². The van der Waals surface area contributed by atoms with Crippen LogP contribution in [-0.4, -0.2) is 22.3 Å². The standard InChI is InChI=1S/C20H40O4/c1-6-8-10-12-14-16-18(21)20(22,24-23-19(3,4)5)17-15-13-11-9-7-2/h22H,6-17H2,1-5H3. The van der Waals surface area contributed by atoms with E-state index < -0.39 is 11.4 Å². The van der Waals surface area contributed by atoms with Gasteiger partial charge in [-0.2, -0.15) is 4.89 Å². The molecule has 0 amide bonds. The van der Waals surface area contributed by atoms with Crippen molar-refractivity contribution in [3.05, 3.63) is 0 Å². The van der Waals surface area contributed by atoms with Crippen molar-refractivity contribution >= 4 is 5.78 Å². The third kappa shape index (κ3) is 12.0. The first-order valence-electron chi connectivity index (χ1n) is 9.87. The maximum atomic E-state index is 12.5. The summed E-state index contributed by atoms with van der Waals surface area (Å²) in [6.45, 7) is 9.84. The zero-order valence-electron chi connectivity index (χ0n) is 16.7. The van der Waals surface area contributed by atoms with Crippen LogP contribution in [0, 0.1) is 0 Å². The Morgan fingerprint density at radius 3 is 1.79 bits per heavy atom. The van der Waals surface area contributed by atoms with Crippen molar-refractivity contribution in [2.75, 3.05) is 0 Å². The molecule has 0 aliphatic heterocycles. The molecule has 0 heterocycles. The Morgan fingerprint density at radius 2 is 1.29 bits per heavy atom. The van der Waals surface area contributed by atoms with Crippen molar-refractivity contribution in [3.8, 4) is 0 Å². The predicted octanol–water partition coefficient (Wildman–Crippen LogP) is 5.71. The average Bonchev–Trinajstić information content (AvgIpc) is 2.51. The van der Waals surface area contributed by atoms with Crippen LogP contribution in [0.5, 0.6) is 0 Å². The average molecular weight is 345 g/mol. The van der Waals surface area contributed by atoms with Gasteiger partial charge in [-0.15, -0.1) is 0 Å². The number of hydrogen-bond donors (Lipinski definition) is 1. The molecule has 144 valence electrons. The highest BCUT2D eigenvalue weighted by Crippen LogP contribution is 2.24. The molecule has 0 saturated heterocycles. The second-order valence-electron chi connectivity index (χ2n) is 7.82. The number of Topliss-reactive ketones (excluding diaryl/α,β-unsaturated/α-hetero) is 1. The summed E-state index contributed by atoms with van der Waals surface area (Å²) in [5.41, 5.74) is -0.558. The maximum absolute atomic E-state index is 12.5. The second kappa shape index (κ2) is 12.8. The van der Waals surface area contributed by atoms with E-state index in [0.717, 1.165) is 38.5 Å². The second-order valence-corrected chi connectivity index (χ2v) is 7.82. The largest absolute Gasteiger partial charge is 0.358 e. The lowest BCUT2D eigenvalue weighted by Crippen LogP contribution is -2.43. The first-order valence-corrected chi connectivity index (χ1v) is 9.87. The Labute approximate surface area is 149 Å². The summed E-state index contributed by atoms with van der Waals surface area (Å²) >= 11 is 0. The highest BCUT2D eigenvalue weighted by atomic mass is 17.2. The summed E-state index contributed by atoms with van der Waals surface area (Å²) < 4.78 is 0. The van der Waals surface area contributed by atoms with Crippen molar-refractivity contribution < 1.29 is 19.7 Å². The summed E-state index contributed by atoms with van der Waals surface area (Å²) in [6.07, 6.45) is 11.2. The van der Waals surface area contributed by atoms with E-state index in [2.05, 4.69) is 13.8 Å². The van der Waals surface area contributed by atoms with Crippen LogP contribution in [0.25, 0.3) is 0 Å². The van der Waals surface area contributed by atoms with Gasteiger partial charge in [0.15, 0.2) is 5.78 Å². The molecule has 0 fully saturated rings. The lowest BCUT2D eigenvalue weighted by Gasteiger charge is -2.29. The number of ketones is 1. The fourth-order valence-corrected chi connectivity index (χ4v) is 2.47. The van der Waals surface area contributed by atoms with Gasteiger partial charge in [0, 0.05) is 12.8 Å². The minimum absolute atomic E-state index is 0.251. The van der Waals surface area contributed by atoms with Crippen LogP contribution >= 0.6 is 0 Å². The van der Waals surface area contributed by atoms with E-state index in [1.165, 1.54) is 25.7 Å². The molecule has 0 aromatic heterocycles. The van der Waals surface area contributed by atoms with Gasteiger partial charge in [-0.05, 0) is 33.6 Å². The van der Waals surface area contributed by atoms with Crippen molar-refractivity contribution in [1.29, 1.82) is 0 Å². The molecule has 0 spiro atoms. The molecule has 24 heavy (non-hydrogen) atoms. The number of rotatable bonds is 15. The molecular weight excluding hydrogens is 304 g/mol. The van der Waals surface area contributed by atoms with Gasteiger partial charge in [-0.3, -0.25) is 4.79 Å². The number of carbonyl (C=O) groups excluding carboxylic acids is 1. The van der Waals surface area contributed by atoms with Crippen LogP contribution < -0.4 is 0 Å². The summed E-state index contributed by atoms with van der Waals surface area (Å²) in [6, 6.07) is 0. The maximum Gasteiger partial charge on any atom is 0.258 e. The minimum Gasteiger partial charge on any atom is -0.358 e. The van der Waals surface area contributed by atoms with Gasteiger partial charge in [-0.1, -0.05) is 65.2 Å². The Balaban J connectivity index is 4.44. The van der Waals surface area contributed by atoms with Crippen LogP contribution in [0.15, 0.2) is 0 Å². The Hall–Kier alpha value is -0.450. The fraction of sp³-hybridized carbons (Fsp3) is 0.950. The third-order valence-electron chi connectivity index (χ3n) is 3.99. The van der Waals surface area contributed by atoms with Crippen molar-refractivity contribution in [1.82, 2.24) is 0 Å². The fourth-order valence-electron chi connectivity index (χ4n) is 2.47. The lowest BCUT2D eigenvalue weighted by molar-refractivity contribution is -0.437. The quantitative estimate of drug-likeness (QED) is 0.179. The van der Waals surface area contributed by atoms with E-state index in [0.29, 0.717) is 12.8 Å². The van der Waals surface area contributed by atoms with E-state index >= 15 is 0 Å². The molecule has 0 radical (unpaired) electrons. The molecule has 1 unspecified atom stereocenters. The molecule has 4 nitrogen and oxygen atoms in total. The highest BCUT2D eigenvalue weighted by Gasteiger charge is 2.38. The summed E-state index contributed by atoms with van der Waals surface area (Å²) in [5, 5.41) is 10.7. The summed E-state index contributed by atoms with van der Waals surface area (Å²) in [5.74, 6) is -2.05. The van der Waals surface area contributed by atoms with Crippen molar-refractivity contribution in [2.45, 2.75) is 123 Å². The smallest absolute Gasteiger partial charge is 0.258 e. The van der Waals surface area contributed by atoms with E-state index in [4.69, 9.17) is 9.78 Å². The molecule has 1 atom stereocenters. The van der Waals surface area contributed by atoms with Crippen molar-refractivity contribution in [2.24, 2.45) is 0 Å². The van der Waals surface area contributed by atoms with Gasteiger partial charge in [0.25, 0.3) is 5.79 Å². The molecule has 0 aliphatic rings. The SMILES string of the molecule is CCCCCCCC(=O)C(O)(CCCCCCC)OOC(C)(C)C. The Morgan fingerprint density at radius 1 is 0.792 bits per heavy atom. The van der Waals surface area contributed by atoms with Gasteiger partial charge >= 0.3 is 0 Å². The summed E-state index contributed by atoms with van der Waals surface area (Å²) in [4.78, 5) is 23.0. The molecule has 0 aromatic rings. The zero-order valence-corrected chi connectivity index (χ0v) is 16.7. The van der Waals surface area contributed by atoms with Crippen LogP contribution in [-0.2, 0) is 14.6 Å². The molecule has 1 N–H and O–H groups in total. The van der Waals surface area contributed by atoms with E-state index in [1.807, 2.05) is 20.8 Å². The molecular formula is C20H40O4. The topological polar surface area (TPSA) is 55.8 Å². The van der Waals surface area contributed by atoms with Gasteiger partial charge in [0.1, 0.15) is 0 Å². The number of unbranched alkanes of at least 4 members (excludes halogenated alkanes) is 8.